The first-order valence-corrected chi connectivity index (χ1v) is 29.1. The van der Waals surface area contributed by atoms with Gasteiger partial charge in [0.25, 0.3) is 0 Å². The Bertz CT molecular complexity index is 2300. The quantitative estimate of drug-likeness (QED) is 0.0391. The van der Waals surface area contributed by atoms with Crippen molar-refractivity contribution in [3.8, 4) is 0 Å². The van der Waals surface area contributed by atoms with Gasteiger partial charge >= 0.3 is 53.7 Å². The molecule has 0 bridgehead atoms. The van der Waals surface area contributed by atoms with Crippen LogP contribution in [0.15, 0.2) is 18.2 Å². The van der Waals surface area contributed by atoms with Crippen LogP contribution in [0.2, 0.25) is 0 Å². The molecule has 0 unspecified atom stereocenters. The number of rotatable bonds is 27. The molecule has 1 aromatic carbocycles. The molecule has 0 radical (unpaired) electrons. The van der Waals surface area contributed by atoms with E-state index in [2.05, 4.69) is 10.6 Å². The summed E-state index contributed by atoms with van der Waals surface area (Å²) in [6, 6.07) is 5.29. The number of carbonyl (C=O) groups is 11. The number of hydrogen-bond donors (Lipinski definition) is 11. The number of carboxylic acids is 9. The number of benzene rings is 1. The second-order valence-corrected chi connectivity index (χ2v) is 22.2. The fourth-order valence-electron chi connectivity index (χ4n) is 10.5. The van der Waals surface area contributed by atoms with Crippen molar-refractivity contribution in [1.82, 2.24) is 64.1 Å². The molecule has 3 fully saturated rings. The average Bonchev–Trinajstić information content (AvgIpc) is 2.16. The Morgan fingerprint density at radius 1 is 0.261 bits per heavy atom. The van der Waals surface area contributed by atoms with Crippen LogP contribution in [0.25, 0.3) is 0 Å². The first-order valence-electron chi connectivity index (χ1n) is 29.1. The van der Waals surface area contributed by atoms with Gasteiger partial charge in [-0.15, -0.1) is 0 Å². The molecule has 3 aliphatic rings. The number of amides is 2. The highest BCUT2D eigenvalue weighted by Crippen LogP contribution is 2.20. The van der Waals surface area contributed by atoms with Crippen LogP contribution in [-0.2, 0) is 65.8 Å². The van der Waals surface area contributed by atoms with Crippen molar-refractivity contribution in [3.05, 3.63) is 29.3 Å². The van der Waals surface area contributed by atoms with Crippen molar-refractivity contribution in [2.75, 3.05) is 234 Å². The first-order chi connectivity index (χ1) is 41.7. The molecule has 3 saturated heterocycles. The maximum absolute atomic E-state index is 13.9. The molecular formula is C54H88N14O20. The molecule has 0 aliphatic carbocycles. The van der Waals surface area contributed by atoms with Gasteiger partial charge in [0.2, 0.25) is 11.8 Å². The van der Waals surface area contributed by atoms with Gasteiger partial charge in [-0.25, -0.2) is 0 Å². The molecule has 0 spiro atoms. The molecule has 4 rings (SSSR count). The molecular weight excluding hydrogens is 1160 g/mol. The molecule has 3 heterocycles. The molecule has 494 valence electrons. The third kappa shape index (κ3) is 32.2. The number of aliphatic carboxylic acids is 9. The predicted octanol–water partition coefficient (Wildman–Crippen LogP) is -5.83. The Balaban J connectivity index is 1.67. The normalized spacial score (nSPS) is 19.5. The Morgan fingerprint density at radius 3 is 0.636 bits per heavy atom. The summed E-state index contributed by atoms with van der Waals surface area (Å²) >= 11 is 0. The zero-order valence-electron chi connectivity index (χ0n) is 49.8. The van der Waals surface area contributed by atoms with Crippen LogP contribution in [0.3, 0.4) is 0 Å². The van der Waals surface area contributed by atoms with Crippen molar-refractivity contribution in [2.45, 2.75) is 13.1 Å². The maximum atomic E-state index is 13.9. The summed E-state index contributed by atoms with van der Waals surface area (Å²) in [5.74, 6) is -11.2. The number of carbonyl (C=O) groups excluding carboxylic acids is 2. The molecule has 11 N–H and O–H groups in total. The lowest BCUT2D eigenvalue weighted by molar-refractivity contribution is -0.140. The van der Waals surface area contributed by atoms with Gasteiger partial charge < -0.3 is 56.6 Å². The van der Waals surface area contributed by atoms with E-state index in [-0.39, 0.29) is 241 Å². The van der Waals surface area contributed by atoms with E-state index in [4.69, 9.17) is 0 Å². The molecule has 0 atom stereocenters. The summed E-state index contributed by atoms with van der Waals surface area (Å²) in [5, 5.41) is 93.0. The SMILES string of the molecule is O=C(O)CN1CCN(CC(=O)O)CCN(CC(=O)NCC(=O)Nc2cc(CN3CCN(CC(=O)O)CCN(CC(=O)O)CCN(CC(=O)O)CC3)cc(CN3CCN(CC(=O)O)CCN(CC(=O)O)CCN(CC(=O)O)CC3)c2)CCN(CC(=O)O)CC1. The average molecular weight is 1250 g/mol. The topological polar surface area (TPSA) is 433 Å². The van der Waals surface area contributed by atoms with Crippen LogP contribution >= 0.6 is 0 Å². The van der Waals surface area contributed by atoms with Gasteiger partial charge in [-0.05, 0) is 23.3 Å². The Labute approximate surface area is 509 Å². The lowest BCUT2D eigenvalue weighted by atomic mass is 10.1. The van der Waals surface area contributed by atoms with Gasteiger partial charge in [0, 0.05) is 176 Å². The van der Waals surface area contributed by atoms with E-state index in [1.54, 1.807) is 61.1 Å². The van der Waals surface area contributed by atoms with Crippen LogP contribution in [0.4, 0.5) is 5.69 Å². The second-order valence-electron chi connectivity index (χ2n) is 22.2. The van der Waals surface area contributed by atoms with Gasteiger partial charge in [-0.2, -0.15) is 0 Å². The van der Waals surface area contributed by atoms with E-state index in [1.165, 1.54) is 0 Å². The van der Waals surface area contributed by atoms with E-state index in [0.717, 1.165) is 0 Å². The molecule has 88 heavy (non-hydrogen) atoms. The Kier molecular flexibility index (Phi) is 32.5. The fraction of sp³-hybridized carbons (Fsp3) is 0.685. The van der Waals surface area contributed by atoms with Crippen LogP contribution in [0.1, 0.15) is 11.1 Å². The van der Waals surface area contributed by atoms with E-state index in [0.29, 0.717) is 11.1 Å². The van der Waals surface area contributed by atoms with E-state index in [1.807, 2.05) is 15.9 Å². The summed E-state index contributed by atoms with van der Waals surface area (Å²) in [6.07, 6.45) is 0. The minimum Gasteiger partial charge on any atom is -0.480 e. The summed E-state index contributed by atoms with van der Waals surface area (Å²) in [7, 11) is 0. The summed E-state index contributed by atoms with van der Waals surface area (Å²) in [4.78, 5) is 155. The van der Waals surface area contributed by atoms with E-state index in [9.17, 15) is 98.7 Å². The van der Waals surface area contributed by atoms with Crippen LogP contribution in [-0.4, -0.2) is 399 Å². The van der Waals surface area contributed by atoms with Gasteiger partial charge in [0.05, 0.1) is 72.0 Å². The van der Waals surface area contributed by atoms with Gasteiger partial charge in [-0.3, -0.25) is 112 Å². The zero-order valence-corrected chi connectivity index (χ0v) is 49.8. The second kappa shape index (κ2) is 39.0. The molecule has 34 nitrogen and oxygen atoms in total. The monoisotopic (exact) mass is 1250 g/mol. The maximum Gasteiger partial charge on any atom is 0.317 e. The summed E-state index contributed by atoms with van der Waals surface area (Å²) in [5.41, 5.74) is 1.56. The van der Waals surface area contributed by atoms with Crippen molar-refractivity contribution >= 4 is 71.2 Å². The van der Waals surface area contributed by atoms with E-state index < -0.39 is 72.1 Å². The smallest absolute Gasteiger partial charge is 0.317 e. The first kappa shape index (κ1) is 73.4. The minimum absolute atomic E-state index is 0.149. The molecule has 2 amide bonds. The Hall–Kier alpha value is -7.09. The minimum atomic E-state index is -1.12. The number of carboxylic acid groups (broad SMARTS) is 9. The lowest BCUT2D eigenvalue weighted by Gasteiger charge is -2.33. The highest BCUT2D eigenvalue weighted by atomic mass is 16.4. The highest BCUT2D eigenvalue weighted by Gasteiger charge is 2.26. The third-order valence-electron chi connectivity index (χ3n) is 15.0. The number of nitrogens with zero attached hydrogens (tertiary/aromatic N) is 12. The molecule has 0 aromatic heterocycles. The standard InChI is InChI=1S/C54H88N14O20/c69-44(28-55-45(70)31-59-5-11-64(36-50(79)80)17-23-68(40-54(87)88)24-18-65(12-6-59)37-51(81)82)56-43-26-41(29-57-1-7-60(32-46(71)72)13-19-66(38-52(83)84)20-14-61(8-2-57)33-47(73)74)25-42(27-43)30-58-3-9-62(34-48(75)76)15-21-67(39-53(85)86)22-16-63(10-4-58)35-49(77)78/h25-27H,1-24,28-40H2,(H,55,70)(H,56,69)(H,71,72)(H,73,74)(H,75,76)(H,77,78)(H,79,80)(H,81,82)(H,83,84)(H,85,86)(H,87,88). The van der Waals surface area contributed by atoms with Crippen molar-refractivity contribution in [1.29, 1.82) is 0 Å². The predicted molar refractivity (Wildman–Crippen MR) is 312 cm³/mol. The molecule has 1 aromatic rings. The largest absolute Gasteiger partial charge is 0.480 e. The van der Waals surface area contributed by atoms with Gasteiger partial charge in [0.15, 0.2) is 0 Å². The lowest BCUT2D eigenvalue weighted by Crippen LogP contribution is -2.50. The molecule has 3 aliphatic heterocycles. The van der Waals surface area contributed by atoms with Crippen LogP contribution in [0.5, 0.6) is 0 Å². The molecule has 34 heteroatoms. The highest BCUT2D eigenvalue weighted by molar-refractivity contribution is 5.95. The van der Waals surface area contributed by atoms with Crippen molar-refractivity contribution in [3.63, 3.8) is 0 Å². The van der Waals surface area contributed by atoms with Crippen molar-refractivity contribution < 1.29 is 98.7 Å². The number of nitrogens with one attached hydrogen (secondary N) is 2. The third-order valence-corrected chi connectivity index (χ3v) is 15.0. The fourth-order valence-corrected chi connectivity index (χ4v) is 10.5. The summed E-state index contributed by atoms with van der Waals surface area (Å²) < 4.78 is 0. The van der Waals surface area contributed by atoms with Crippen LogP contribution < -0.4 is 10.6 Å². The Morgan fingerprint density at radius 2 is 0.443 bits per heavy atom. The van der Waals surface area contributed by atoms with Crippen LogP contribution in [0, 0.1) is 0 Å². The molecule has 0 saturated carbocycles. The summed E-state index contributed by atoms with van der Waals surface area (Å²) in [6.45, 7) is 1.05. The number of anilines is 1. The van der Waals surface area contributed by atoms with E-state index >= 15 is 0 Å². The van der Waals surface area contributed by atoms with Gasteiger partial charge in [-0.1, -0.05) is 6.07 Å². The number of hydrogen-bond acceptors (Lipinski definition) is 23. The van der Waals surface area contributed by atoms with Gasteiger partial charge in [0.1, 0.15) is 0 Å². The zero-order chi connectivity index (χ0) is 64.7. The van der Waals surface area contributed by atoms with Crippen molar-refractivity contribution in [2.24, 2.45) is 0 Å².